The zero-order valence-corrected chi connectivity index (χ0v) is 21.5. The number of aliphatic hydroxyl groups excluding tert-OH is 1. The van der Waals surface area contributed by atoms with Gasteiger partial charge in [0, 0.05) is 11.1 Å². The quantitative estimate of drug-likeness (QED) is 0.195. The minimum atomic E-state index is -5.19. The summed E-state index contributed by atoms with van der Waals surface area (Å²) < 4.78 is 60.6. The van der Waals surface area contributed by atoms with Crippen molar-refractivity contribution in [3.05, 3.63) is 78.6 Å². The van der Waals surface area contributed by atoms with Gasteiger partial charge in [0.25, 0.3) is 0 Å². The molecule has 9 nitrogen and oxygen atoms in total. The van der Waals surface area contributed by atoms with Gasteiger partial charge in [0.1, 0.15) is 31.0 Å². The van der Waals surface area contributed by atoms with E-state index in [0.717, 1.165) is 0 Å². The maximum atomic E-state index is 14.5. The molecule has 2 aromatic rings. The van der Waals surface area contributed by atoms with E-state index in [9.17, 15) is 23.2 Å². The molecule has 1 aliphatic heterocycles. The van der Waals surface area contributed by atoms with Gasteiger partial charge in [0.15, 0.2) is 11.9 Å². The van der Waals surface area contributed by atoms with Gasteiger partial charge in [0.2, 0.25) is 5.76 Å². The number of aliphatic hydroxyl groups is 1. The predicted octanol–water partition coefficient (Wildman–Crippen LogP) is 4.92. The standard InChI is InChI=1S/C20H15Cl4F2O9P/c21-10-1-3-12(23)15(25)8(10)6-32-18-17(14(5-27)35-36(29,30)31)34-20(28)19(18)33-7-9-11(22)2-4-13(24)16(9)26/h1-4,14,17,27H,5-7H2,(H2,29,30,31). The number of phosphoric acid groups is 1. The van der Waals surface area contributed by atoms with Gasteiger partial charge in [-0.3, -0.25) is 4.52 Å². The Hall–Kier alpha value is -1.66. The highest BCUT2D eigenvalue weighted by Crippen LogP contribution is 2.41. The molecule has 0 spiro atoms. The molecule has 3 rings (SSSR count). The monoisotopic (exact) mass is 608 g/mol. The summed E-state index contributed by atoms with van der Waals surface area (Å²) in [5, 5.41) is 8.85. The largest absolute Gasteiger partial charge is 0.485 e. The number of esters is 1. The van der Waals surface area contributed by atoms with E-state index in [1.165, 1.54) is 24.3 Å². The van der Waals surface area contributed by atoms with Crippen molar-refractivity contribution in [3.63, 3.8) is 0 Å². The Kier molecular flexibility index (Phi) is 9.48. The number of cyclic esters (lactones) is 1. The second-order valence-electron chi connectivity index (χ2n) is 7.06. The van der Waals surface area contributed by atoms with E-state index >= 15 is 0 Å². The average Bonchev–Trinajstić information content (AvgIpc) is 3.12. The summed E-state index contributed by atoms with van der Waals surface area (Å²) in [5.74, 6) is -4.34. The van der Waals surface area contributed by atoms with Crippen LogP contribution < -0.4 is 0 Å². The minimum absolute atomic E-state index is 0.0891. The number of halogens is 6. The third-order valence-electron chi connectivity index (χ3n) is 4.70. The highest BCUT2D eigenvalue weighted by molar-refractivity contribution is 7.46. The van der Waals surface area contributed by atoms with Gasteiger partial charge in [-0.1, -0.05) is 46.4 Å². The first kappa shape index (κ1) is 28.9. The summed E-state index contributed by atoms with van der Waals surface area (Å²) >= 11 is 23.5. The molecule has 0 saturated carbocycles. The molecule has 36 heavy (non-hydrogen) atoms. The summed E-state index contributed by atoms with van der Waals surface area (Å²) in [6.45, 7) is -2.38. The van der Waals surface area contributed by atoms with Gasteiger partial charge < -0.3 is 29.1 Å². The Morgan fingerprint density at radius 2 is 1.39 bits per heavy atom. The van der Waals surface area contributed by atoms with E-state index in [-0.39, 0.29) is 31.2 Å². The molecule has 2 unspecified atom stereocenters. The van der Waals surface area contributed by atoms with Crippen LogP contribution in [0.4, 0.5) is 8.78 Å². The summed E-state index contributed by atoms with van der Waals surface area (Å²) in [4.78, 5) is 30.8. The number of hydrogen-bond donors (Lipinski definition) is 3. The summed E-state index contributed by atoms with van der Waals surface area (Å²) in [5.41, 5.74) is -0.476. The van der Waals surface area contributed by atoms with Crippen molar-refractivity contribution in [2.45, 2.75) is 25.4 Å². The van der Waals surface area contributed by atoms with Crippen LogP contribution in [0.2, 0.25) is 20.1 Å². The number of benzene rings is 2. The molecular weight excluding hydrogens is 595 g/mol. The fourth-order valence-corrected chi connectivity index (χ4v) is 4.32. The molecule has 0 saturated heterocycles. The molecule has 2 aromatic carbocycles. The van der Waals surface area contributed by atoms with Crippen LogP contribution in [-0.2, 0) is 41.3 Å². The summed E-state index contributed by atoms with van der Waals surface area (Å²) in [6.07, 6.45) is -3.59. The lowest BCUT2D eigenvalue weighted by molar-refractivity contribution is -0.148. The van der Waals surface area contributed by atoms with Crippen molar-refractivity contribution in [3.8, 4) is 0 Å². The third-order valence-corrected chi connectivity index (χ3v) is 6.54. The van der Waals surface area contributed by atoms with Gasteiger partial charge in [-0.05, 0) is 24.3 Å². The first-order valence-corrected chi connectivity index (χ1v) is 12.7. The fraction of sp³-hybridized carbons (Fsp3) is 0.250. The zero-order valence-electron chi connectivity index (χ0n) is 17.6. The van der Waals surface area contributed by atoms with E-state index in [1.54, 1.807) is 0 Å². The number of rotatable bonds is 10. The molecule has 2 atom stereocenters. The molecule has 1 heterocycles. The highest BCUT2D eigenvalue weighted by atomic mass is 35.5. The van der Waals surface area contributed by atoms with Crippen molar-refractivity contribution in [2.24, 2.45) is 0 Å². The van der Waals surface area contributed by atoms with Crippen LogP contribution in [0.15, 0.2) is 35.8 Å². The van der Waals surface area contributed by atoms with Gasteiger partial charge in [-0.2, -0.15) is 0 Å². The molecule has 0 amide bonds. The predicted molar refractivity (Wildman–Crippen MR) is 123 cm³/mol. The Morgan fingerprint density at radius 1 is 0.917 bits per heavy atom. The number of ether oxygens (including phenoxy) is 3. The lowest BCUT2D eigenvalue weighted by atomic mass is 10.1. The first-order chi connectivity index (χ1) is 16.8. The Morgan fingerprint density at radius 3 is 1.86 bits per heavy atom. The molecule has 0 aliphatic carbocycles. The van der Waals surface area contributed by atoms with Crippen molar-refractivity contribution in [2.75, 3.05) is 6.61 Å². The lowest BCUT2D eigenvalue weighted by Gasteiger charge is -2.23. The number of carbonyl (C=O) groups excluding carboxylic acids is 1. The molecule has 196 valence electrons. The molecular formula is C20H15Cl4F2O9P. The Balaban J connectivity index is 1.99. The normalized spacial score (nSPS) is 16.8. The van der Waals surface area contributed by atoms with Crippen LogP contribution in [0.25, 0.3) is 0 Å². The second-order valence-corrected chi connectivity index (χ2v) is 9.88. The maximum absolute atomic E-state index is 14.5. The number of hydrogen-bond acceptors (Lipinski definition) is 7. The average molecular weight is 610 g/mol. The van der Waals surface area contributed by atoms with Gasteiger partial charge in [0.05, 0.1) is 26.7 Å². The minimum Gasteiger partial charge on any atom is -0.485 e. The van der Waals surface area contributed by atoms with E-state index in [4.69, 9.17) is 70.4 Å². The third kappa shape index (κ3) is 6.61. The van der Waals surface area contributed by atoms with Crippen LogP contribution >= 0.6 is 54.2 Å². The molecule has 16 heteroatoms. The van der Waals surface area contributed by atoms with Crippen molar-refractivity contribution < 1.29 is 51.8 Å². The highest BCUT2D eigenvalue weighted by Gasteiger charge is 2.45. The van der Waals surface area contributed by atoms with E-state index < -0.39 is 69.0 Å². The van der Waals surface area contributed by atoms with Gasteiger partial charge >= 0.3 is 13.8 Å². The summed E-state index contributed by atoms with van der Waals surface area (Å²) in [6, 6.07) is 4.96. The zero-order chi connectivity index (χ0) is 26.8. The van der Waals surface area contributed by atoms with E-state index in [1.807, 2.05) is 0 Å². The molecule has 0 fully saturated rings. The van der Waals surface area contributed by atoms with Crippen molar-refractivity contribution >= 4 is 60.2 Å². The van der Waals surface area contributed by atoms with Gasteiger partial charge in [-0.25, -0.2) is 18.1 Å². The first-order valence-electron chi connectivity index (χ1n) is 9.64. The summed E-state index contributed by atoms with van der Waals surface area (Å²) in [7, 11) is -5.19. The number of carbonyl (C=O) groups is 1. The van der Waals surface area contributed by atoms with Crippen molar-refractivity contribution in [1.82, 2.24) is 0 Å². The topological polar surface area (TPSA) is 132 Å². The maximum Gasteiger partial charge on any atom is 0.470 e. The van der Waals surface area contributed by atoms with Crippen LogP contribution in [0.3, 0.4) is 0 Å². The van der Waals surface area contributed by atoms with Crippen molar-refractivity contribution in [1.29, 1.82) is 0 Å². The van der Waals surface area contributed by atoms with Crippen LogP contribution in [0, 0.1) is 11.6 Å². The smallest absolute Gasteiger partial charge is 0.470 e. The second kappa shape index (κ2) is 11.8. The SMILES string of the molecule is O=C1OC(C(CO)OP(=O)(O)O)C(OCc2c(Cl)ccc(Cl)c2F)=C1OCc1c(Cl)ccc(Cl)c1F. The molecule has 0 aromatic heterocycles. The molecule has 0 radical (unpaired) electrons. The van der Waals surface area contributed by atoms with Crippen LogP contribution in [-0.4, -0.2) is 39.7 Å². The fourth-order valence-electron chi connectivity index (χ4n) is 3.03. The molecule has 0 bridgehead atoms. The number of phosphoric ester groups is 1. The lowest BCUT2D eigenvalue weighted by Crippen LogP contribution is -2.34. The van der Waals surface area contributed by atoms with Gasteiger partial charge in [-0.15, -0.1) is 0 Å². The van der Waals surface area contributed by atoms with E-state index in [0.29, 0.717) is 0 Å². The molecule has 1 aliphatic rings. The Labute approximate surface area is 222 Å². The molecule has 3 N–H and O–H groups in total. The van der Waals surface area contributed by atoms with Crippen LogP contribution in [0.5, 0.6) is 0 Å². The Bertz CT molecular complexity index is 1250. The van der Waals surface area contributed by atoms with Crippen LogP contribution in [0.1, 0.15) is 11.1 Å². The van der Waals surface area contributed by atoms with E-state index in [2.05, 4.69) is 4.52 Å².